The summed E-state index contributed by atoms with van der Waals surface area (Å²) in [5.74, 6) is -1.90. The van der Waals surface area contributed by atoms with Crippen molar-refractivity contribution < 1.29 is 23.1 Å². The van der Waals surface area contributed by atoms with Gasteiger partial charge in [0.15, 0.2) is 6.10 Å². The van der Waals surface area contributed by atoms with Crippen molar-refractivity contribution in [3.63, 3.8) is 0 Å². The first kappa shape index (κ1) is 17.6. The van der Waals surface area contributed by atoms with Crippen molar-refractivity contribution in [3.8, 4) is 0 Å². The Morgan fingerprint density at radius 1 is 1.08 bits per heavy atom. The average Bonchev–Trinajstić information content (AvgIpc) is 2.54. The summed E-state index contributed by atoms with van der Waals surface area (Å²) in [7, 11) is 0. The number of aryl methyl sites for hydroxylation is 1. The Kier molecular flexibility index (Phi) is 6.01. The zero-order valence-electron chi connectivity index (χ0n) is 13.1. The SMILES string of the molecule is C[C@@H](OC(=O)CCc1ccc(F)cc1)C(=O)Nc1cccc(F)c1. The number of esters is 1. The molecule has 2 aromatic rings. The number of carbonyl (C=O) groups is 2. The average molecular weight is 333 g/mol. The summed E-state index contributed by atoms with van der Waals surface area (Å²) in [6.07, 6.45) is -0.547. The molecule has 0 fully saturated rings. The third-order valence-electron chi connectivity index (χ3n) is 3.30. The predicted molar refractivity (Wildman–Crippen MR) is 85.3 cm³/mol. The maximum Gasteiger partial charge on any atom is 0.306 e. The van der Waals surface area contributed by atoms with E-state index in [-0.39, 0.29) is 17.9 Å². The van der Waals surface area contributed by atoms with Gasteiger partial charge in [-0.3, -0.25) is 9.59 Å². The highest BCUT2D eigenvalue weighted by Crippen LogP contribution is 2.11. The largest absolute Gasteiger partial charge is 0.453 e. The molecule has 0 aromatic heterocycles. The molecule has 0 unspecified atom stereocenters. The highest BCUT2D eigenvalue weighted by Gasteiger charge is 2.18. The minimum Gasteiger partial charge on any atom is -0.453 e. The lowest BCUT2D eigenvalue weighted by Crippen LogP contribution is -2.30. The molecule has 126 valence electrons. The molecule has 2 rings (SSSR count). The Bertz CT molecular complexity index is 716. The van der Waals surface area contributed by atoms with Gasteiger partial charge >= 0.3 is 5.97 Å². The summed E-state index contributed by atoms with van der Waals surface area (Å²) in [4.78, 5) is 23.7. The van der Waals surface area contributed by atoms with Gasteiger partial charge in [-0.2, -0.15) is 0 Å². The van der Waals surface area contributed by atoms with Gasteiger partial charge in [0.1, 0.15) is 11.6 Å². The van der Waals surface area contributed by atoms with E-state index in [9.17, 15) is 18.4 Å². The summed E-state index contributed by atoms with van der Waals surface area (Å²) >= 11 is 0. The number of ether oxygens (including phenoxy) is 1. The van der Waals surface area contributed by atoms with E-state index in [2.05, 4.69) is 5.32 Å². The van der Waals surface area contributed by atoms with Crippen molar-refractivity contribution in [1.29, 1.82) is 0 Å². The van der Waals surface area contributed by atoms with E-state index in [1.807, 2.05) is 0 Å². The second-order valence-corrected chi connectivity index (χ2v) is 5.26. The lowest BCUT2D eigenvalue weighted by atomic mass is 10.1. The number of benzene rings is 2. The minimum atomic E-state index is -1.01. The van der Waals surface area contributed by atoms with Crippen LogP contribution in [-0.2, 0) is 20.7 Å². The Balaban J connectivity index is 1.80. The molecule has 0 aliphatic carbocycles. The zero-order valence-corrected chi connectivity index (χ0v) is 13.1. The number of amides is 1. The van der Waals surface area contributed by atoms with Crippen LogP contribution in [0.4, 0.5) is 14.5 Å². The molecule has 0 heterocycles. The number of hydrogen-bond acceptors (Lipinski definition) is 3. The topological polar surface area (TPSA) is 55.4 Å². The van der Waals surface area contributed by atoms with Crippen LogP contribution in [0.2, 0.25) is 0 Å². The van der Waals surface area contributed by atoms with Gasteiger partial charge < -0.3 is 10.1 Å². The molecule has 0 aliphatic heterocycles. The second-order valence-electron chi connectivity index (χ2n) is 5.26. The van der Waals surface area contributed by atoms with Gasteiger partial charge in [-0.1, -0.05) is 18.2 Å². The van der Waals surface area contributed by atoms with Crippen molar-refractivity contribution in [1.82, 2.24) is 0 Å². The molecule has 24 heavy (non-hydrogen) atoms. The molecule has 1 atom stereocenters. The standard InChI is InChI=1S/C18H17F2NO3/c1-12(18(23)21-16-4-2-3-15(20)11-16)24-17(22)10-7-13-5-8-14(19)9-6-13/h2-6,8-9,11-12H,7,10H2,1H3,(H,21,23)/t12-/m1/s1. The molecule has 0 spiro atoms. The third kappa shape index (κ3) is 5.46. The fourth-order valence-electron chi connectivity index (χ4n) is 2.02. The van der Waals surface area contributed by atoms with E-state index in [1.54, 1.807) is 12.1 Å². The highest BCUT2D eigenvalue weighted by molar-refractivity contribution is 5.95. The van der Waals surface area contributed by atoms with E-state index in [1.165, 1.54) is 43.3 Å². The normalized spacial score (nSPS) is 11.6. The fraction of sp³-hybridized carbons (Fsp3) is 0.222. The smallest absolute Gasteiger partial charge is 0.306 e. The highest BCUT2D eigenvalue weighted by atomic mass is 19.1. The predicted octanol–water partition coefficient (Wildman–Crippen LogP) is 3.47. The summed E-state index contributed by atoms with van der Waals surface area (Å²) in [6, 6.07) is 11.2. The van der Waals surface area contributed by atoms with Gasteiger partial charge in [0.2, 0.25) is 0 Å². The molecule has 1 N–H and O–H groups in total. The fourth-order valence-corrected chi connectivity index (χ4v) is 2.02. The summed E-state index contributed by atoms with van der Waals surface area (Å²) in [5, 5.41) is 2.47. The molecule has 4 nitrogen and oxygen atoms in total. The minimum absolute atomic E-state index is 0.0726. The molecule has 0 radical (unpaired) electrons. The number of anilines is 1. The Morgan fingerprint density at radius 3 is 2.46 bits per heavy atom. The number of carbonyl (C=O) groups excluding carboxylic acids is 2. The van der Waals surface area contributed by atoms with Gasteiger partial charge in [0, 0.05) is 12.1 Å². The monoisotopic (exact) mass is 333 g/mol. The first-order valence-corrected chi connectivity index (χ1v) is 7.44. The number of nitrogens with one attached hydrogen (secondary N) is 1. The Hall–Kier alpha value is -2.76. The lowest BCUT2D eigenvalue weighted by molar-refractivity contribution is -0.153. The van der Waals surface area contributed by atoms with Crippen molar-refractivity contribution >= 4 is 17.6 Å². The molecular weight excluding hydrogens is 316 g/mol. The Labute approximate surface area is 138 Å². The lowest BCUT2D eigenvalue weighted by Gasteiger charge is -2.13. The van der Waals surface area contributed by atoms with Gasteiger partial charge in [-0.15, -0.1) is 0 Å². The molecule has 1 amide bonds. The second kappa shape index (κ2) is 8.19. The van der Waals surface area contributed by atoms with Crippen molar-refractivity contribution in [3.05, 3.63) is 65.7 Å². The van der Waals surface area contributed by atoms with Crippen LogP contribution in [0.3, 0.4) is 0 Å². The molecule has 0 saturated carbocycles. The molecule has 2 aromatic carbocycles. The molecule has 0 bridgehead atoms. The van der Waals surface area contributed by atoms with Crippen LogP contribution < -0.4 is 5.32 Å². The number of rotatable bonds is 6. The molecule has 6 heteroatoms. The van der Waals surface area contributed by atoms with Crippen molar-refractivity contribution in [2.45, 2.75) is 25.9 Å². The van der Waals surface area contributed by atoms with E-state index in [0.717, 1.165) is 5.56 Å². The zero-order chi connectivity index (χ0) is 17.5. The summed E-state index contributed by atoms with van der Waals surface area (Å²) in [5.41, 5.74) is 1.08. The van der Waals surface area contributed by atoms with Crippen LogP contribution in [0.15, 0.2) is 48.5 Å². The van der Waals surface area contributed by atoms with Gasteiger partial charge in [0.25, 0.3) is 5.91 Å². The van der Waals surface area contributed by atoms with Gasteiger partial charge in [-0.25, -0.2) is 8.78 Å². The summed E-state index contributed by atoms with van der Waals surface area (Å²) < 4.78 is 30.9. The third-order valence-corrected chi connectivity index (χ3v) is 3.30. The van der Waals surface area contributed by atoms with E-state index < -0.39 is 23.8 Å². The maximum absolute atomic E-state index is 13.1. The van der Waals surface area contributed by atoms with Crippen LogP contribution in [0.1, 0.15) is 18.9 Å². The first-order valence-electron chi connectivity index (χ1n) is 7.44. The maximum atomic E-state index is 13.1. The van der Waals surface area contributed by atoms with Crippen LogP contribution in [0, 0.1) is 11.6 Å². The van der Waals surface area contributed by atoms with Crippen LogP contribution >= 0.6 is 0 Å². The van der Waals surface area contributed by atoms with Crippen molar-refractivity contribution in [2.75, 3.05) is 5.32 Å². The summed E-state index contributed by atoms with van der Waals surface area (Å²) in [6.45, 7) is 1.43. The van der Waals surface area contributed by atoms with Crippen molar-refractivity contribution in [2.24, 2.45) is 0 Å². The van der Waals surface area contributed by atoms with Crippen LogP contribution in [0.5, 0.6) is 0 Å². The molecule has 0 saturated heterocycles. The Morgan fingerprint density at radius 2 is 1.79 bits per heavy atom. The molecular formula is C18H17F2NO3. The van der Waals surface area contributed by atoms with E-state index in [4.69, 9.17) is 4.74 Å². The molecule has 0 aliphatic rings. The number of halogens is 2. The quantitative estimate of drug-likeness (QED) is 0.824. The van der Waals surface area contributed by atoms with Crippen LogP contribution in [-0.4, -0.2) is 18.0 Å². The van der Waals surface area contributed by atoms with Crippen LogP contribution in [0.25, 0.3) is 0 Å². The van der Waals surface area contributed by atoms with E-state index >= 15 is 0 Å². The van der Waals surface area contributed by atoms with E-state index in [0.29, 0.717) is 6.42 Å². The van der Waals surface area contributed by atoms with Gasteiger partial charge in [0.05, 0.1) is 0 Å². The first-order chi connectivity index (χ1) is 11.4. The van der Waals surface area contributed by atoms with Gasteiger partial charge in [-0.05, 0) is 49.2 Å². The number of hydrogen-bond donors (Lipinski definition) is 1.